The first-order chi connectivity index (χ1) is 5.39. The predicted octanol–water partition coefficient (Wildman–Crippen LogP) is 1.58. The lowest BCUT2D eigenvalue weighted by Gasteiger charge is -2.30. The van der Waals surface area contributed by atoms with Crippen molar-refractivity contribution in [3.63, 3.8) is 0 Å². The number of hydrogen-bond donors (Lipinski definition) is 0. The molecule has 2 aliphatic carbocycles. The molecule has 0 amide bonds. The number of carbonyl (C=O) groups is 2. The highest BCUT2D eigenvalue weighted by atomic mass is 16.2. The van der Waals surface area contributed by atoms with Gasteiger partial charge < -0.3 is 0 Å². The van der Waals surface area contributed by atoms with Gasteiger partial charge in [0.05, 0.1) is 5.41 Å². The van der Waals surface area contributed by atoms with Crippen molar-refractivity contribution in [3.8, 4) is 0 Å². The lowest BCUT2D eigenvalue weighted by molar-refractivity contribution is -0.143. The minimum absolute atomic E-state index is 0.163. The minimum atomic E-state index is -0.617. The fraction of sp³-hybridized carbons (Fsp3) is 0.800. The molecule has 0 aromatic carbocycles. The Kier molecular flexibility index (Phi) is 1.20. The molecular formula is C10H14O2. The molecule has 12 heavy (non-hydrogen) atoms. The molecule has 2 bridgehead atoms. The van der Waals surface area contributed by atoms with Gasteiger partial charge in [-0.15, -0.1) is 0 Å². The number of rotatable bonds is 0. The second kappa shape index (κ2) is 1.81. The van der Waals surface area contributed by atoms with Gasteiger partial charge in [0.25, 0.3) is 0 Å². The summed E-state index contributed by atoms with van der Waals surface area (Å²) in [5, 5.41) is 0. The molecule has 0 unspecified atom stereocenters. The van der Waals surface area contributed by atoms with Gasteiger partial charge in [-0.3, -0.25) is 9.59 Å². The number of Topliss-reactive ketones (excluding diaryl/α,β-unsaturated/α-hetero) is 2. The van der Waals surface area contributed by atoms with E-state index in [0.717, 1.165) is 6.42 Å². The molecule has 2 atom stereocenters. The Bertz CT molecular complexity index is 278. The normalized spacial score (nSPS) is 44.1. The zero-order valence-corrected chi connectivity index (χ0v) is 7.81. The molecule has 2 nitrogen and oxygen atoms in total. The van der Waals surface area contributed by atoms with E-state index in [1.54, 1.807) is 0 Å². The summed E-state index contributed by atoms with van der Waals surface area (Å²) in [6, 6.07) is 0. The molecule has 0 radical (unpaired) electrons. The van der Waals surface area contributed by atoms with Crippen LogP contribution in [0.2, 0.25) is 0 Å². The summed E-state index contributed by atoms with van der Waals surface area (Å²) < 4.78 is 0. The largest absolute Gasteiger partial charge is 0.299 e. The zero-order valence-electron chi connectivity index (χ0n) is 7.81. The van der Waals surface area contributed by atoms with Gasteiger partial charge in [0.1, 0.15) is 5.78 Å². The Morgan fingerprint density at radius 1 is 1.25 bits per heavy atom. The van der Waals surface area contributed by atoms with Crippen molar-refractivity contribution in [1.29, 1.82) is 0 Å². The average molecular weight is 166 g/mol. The Morgan fingerprint density at radius 2 is 1.83 bits per heavy atom. The van der Waals surface area contributed by atoms with E-state index in [0.29, 0.717) is 12.3 Å². The fourth-order valence-electron chi connectivity index (χ4n) is 2.75. The first-order valence-electron chi connectivity index (χ1n) is 4.47. The topological polar surface area (TPSA) is 34.1 Å². The molecular weight excluding hydrogens is 152 g/mol. The summed E-state index contributed by atoms with van der Waals surface area (Å²) in [6.07, 6.45) is 1.41. The van der Waals surface area contributed by atoms with E-state index in [4.69, 9.17) is 0 Å². The van der Waals surface area contributed by atoms with E-state index in [9.17, 15) is 9.59 Å². The molecule has 2 heteroatoms. The third-order valence-electron chi connectivity index (χ3n) is 3.81. The van der Waals surface area contributed by atoms with E-state index < -0.39 is 5.41 Å². The Morgan fingerprint density at radius 3 is 2.17 bits per heavy atom. The monoisotopic (exact) mass is 166 g/mol. The van der Waals surface area contributed by atoms with Gasteiger partial charge in [0, 0.05) is 11.8 Å². The molecule has 0 aromatic rings. The van der Waals surface area contributed by atoms with Crippen LogP contribution in [0.3, 0.4) is 0 Å². The Hall–Kier alpha value is -0.660. The van der Waals surface area contributed by atoms with E-state index in [1.165, 1.54) is 0 Å². The van der Waals surface area contributed by atoms with Gasteiger partial charge in [-0.2, -0.15) is 0 Å². The highest BCUT2D eigenvalue weighted by molar-refractivity contribution is 6.13. The molecule has 0 spiro atoms. The van der Waals surface area contributed by atoms with Crippen LogP contribution in [-0.2, 0) is 9.59 Å². The van der Waals surface area contributed by atoms with Gasteiger partial charge in [0.2, 0.25) is 0 Å². The number of ketones is 2. The van der Waals surface area contributed by atoms with Crippen LogP contribution >= 0.6 is 0 Å². The van der Waals surface area contributed by atoms with Gasteiger partial charge >= 0.3 is 0 Å². The van der Waals surface area contributed by atoms with Crippen molar-refractivity contribution in [2.45, 2.75) is 33.6 Å². The van der Waals surface area contributed by atoms with E-state index in [2.05, 4.69) is 0 Å². The second-order valence-electron chi connectivity index (χ2n) is 4.91. The van der Waals surface area contributed by atoms with Gasteiger partial charge in [-0.05, 0) is 19.3 Å². The van der Waals surface area contributed by atoms with Gasteiger partial charge in [-0.25, -0.2) is 0 Å². The second-order valence-corrected chi connectivity index (χ2v) is 4.91. The van der Waals surface area contributed by atoms with Crippen LogP contribution in [0.1, 0.15) is 33.6 Å². The first-order valence-corrected chi connectivity index (χ1v) is 4.47. The summed E-state index contributed by atoms with van der Waals surface area (Å²) in [4.78, 5) is 23.2. The summed E-state index contributed by atoms with van der Waals surface area (Å²) in [6.45, 7) is 5.75. The smallest absolute Gasteiger partial charge is 0.151 e. The lowest BCUT2D eigenvalue weighted by Crippen LogP contribution is -2.41. The van der Waals surface area contributed by atoms with Crippen molar-refractivity contribution in [1.82, 2.24) is 0 Å². The Balaban J connectivity index is 2.50. The number of hydrogen-bond acceptors (Lipinski definition) is 2. The molecule has 0 heterocycles. The van der Waals surface area contributed by atoms with E-state index in [-0.39, 0.29) is 17.0 Å². The maximum Gasteiger partial charge on any atom is 0.151 e. The van der Waals surface area contributed by atoms with Crippen LogP contribution in [0.4, 0.5) is 0 Å². The van der Waals surface area contributed by atoms with Crippen molar-refractivity contribution >= 4 is 11.6 Å². The Labute approximate surface area is 72.3 Å². The van der Waals surface area contributed by atoms with Gasteiger partial charge in [-0.1, -0.05) is 13.8 Å². The van der Waals surface area contributed by atoms with Crippen LogP contribution in [0.5, 0.6) is 0 Å². The van der Waals surface area contributed by atoms with Crippen molar-refractivity contribution in [3.05, 3.63) is 0 Å². The van der Waals surface area contributed by atoms with Gasteiger partial charge in [0.15, 0.2) is 5.78 Å². The van der Waals surface area contributed by atoms with Crippen LogP contribution in [-0.4, -0.2) is 11.6 Å². The van der Waals surface area contributed by atoms with Crippen molar-refractivity contribution < 1.29 is 9.59 Å². The summed E-state index contributed by atoms with van der Waals surface area (Å²) in [7, 11) is 0. The first kappa shape index (κ1) is 7.96. The molecule has 66 valence electrons. The summed E-state index contributed by atoms with van der Waals surface area (Å²) >= 11 is 0. The van der Waals surface area contributed by atoms with Crippen LogP contribution in [0, 0.1) is 16.7 Å². The summed E-state index contributed by atoms with van der Waals surface area (Å²) in [5.74, 6) is 0.635. The molecule has 2 fully saturated rings. The quantitative estimate of drug-likeness (QED) is 0.512. The maximum absolute atomic E-state index is 11.8. The lowest BCUT2D eigenvalue weighted by atomic mass is 9.71. The zero-order chi connectivity index (χ0) is 9.15. The van der Waals surface area contributed by atoms with Crippen LogP contribution < -0.4 is 0 Å². The third-order valence-corrected chi connectivity index (χ3v) is 3.81. The molecule has 0 aliphatic heterocycles. The summed E-state index contributed by atoms with van der Waals surface area (Å²) in [5.41, 5.74) is -0.864. The molecule has 0 aromatic heterocycles. The molecule has 2 aliphatic rings. The van der Waals surface area contributed by atoms with Crippen molar-refractivity contribution in [2.24, 2.45) is 16.7 Å². The van der Waals surface area contributed by atoms with Crippen LogP contribution in [0.15, 0.2) is 0 Å². The number of fused-ring (bicyclic) bond motifs is 2. The predicted molar refractivity (Wildman–Crippen MR) is 44.6 cm³/mol. The van der Waals surface area contributed by atoms with Crippen LogP contribution in [0.25, 0.3) is 0 Å². The number of carbonyl (C=O) groups excluding carboxylic acids is 2. The van der Waals surface area contributed by atoms with E-state index in [1.807, 2.05) is 20.8 Å². The van der Waals surface area contributed by atoms with Crippen molar-refractivity contribution in [2.75, 3.05) is 0 Å². The maximum atomic E-state index is 11.8. The minimum Gasteiger partial charge on any atom is -0.299 e. The van der Waals surface area contributed by atoms with E-state index >= 15 is 0 Å². The third kappa shape index (κ3) is 0.621. The highest BCUT2D eigenvalue weighted by Gasteiger charge is 2.63. The average Bonchev–Trinajstić information content (AvgIpc) is 2.34. The highest BCUT2D eigenvalue weighted by Crippen LogP contribution is 2.57. The molecule has 2 rings (SSSR count). The molecule has 2 saturated carbocycles. The molecule has 0 N–H and O–H groups in total. The SMILES string of the molecule is CC1(C)C(=O)[C@]2(C)C[C@H]1CC2=O. The molecule has 0 saturated heterocycles. The standard InChI is InChI=1S/C10H14O2/c1-9(2)6-4-7(11)10(3,5-6)8(9)12/h6H,4-5H2,1-3H3/t6-,10-/m1/s1. The fourth-order valence-corrected chi connectivity index (χ4v) is 2.75.